The third-order valence-corrected chi connectivity index (χ3v) is 9.15. The molecule has 9 heteroatoms. The number of aryl methyl sites for hydroxylation is 1. The molecule has 9 nitrogen and oxygen atoms in total. The van der Waals surface area contributed by atoms with E-state index in [9.17, 15) is 19.2 Å². The fraction of sp³-hybridized carbons (Fsp3) is 0.419. The summed E-state index contributed by atoms with van der Waals surface area (Å²) in [5.41, 5.74) is 2.14. The highest BCUT2D eigenvalue weighted by atomic mass is 16.5. The maximum Gasteiger partial charge on any atom is 0.343 e. The van der Waals surface area contributed by atoms with Crippen molar-refractivity contribution in [2.24, 2.45) is 19.1 Å². The number of rotatable bonds is 21. The van der Waals surface area contributed by atoms with E-state index in [-0.39, 0.29) is 11.7 Å². The van der Waals surface area contributed by atoms with Crippen molar-refractivity contribution in [2.45, 2.75) is 103 Å². The van der Waals surface area contributed by atoms with Crippen LogP contribution in [0.2, 0.25) is 0 Å². The van der Waals surface area contributed by atoms with Crippen LogP contribution in [0.25, 0.3) is 11.1 Å². The van der Waals surface area contributed by atoms with Gasteiger partial charge in [0.25, 0.3) is 5.56 Å². The molecule has 0 saturated carbocycles. The van der Waals surface area contributed by atoms with Gasteiger partial charge in [-0.1, -0.05) is 115 Å². The number of hydrogen-bond acceptors (Lipinski definition) is 7. The van der Waals surface area contributed by atoms with Crippen LogP contribution in [0.4, 0.5) is 5.69 Å². The van der Waals surface area contributed by atoms with Gasteiger partial charge >= 0.3 is 17.6 Å². The van der Waals surface area contributed by atoms with Crippen molar-refractivity contribution in [2.75, 3.05) is 0 Å². The van der Waals surface area contributed by atoms with E-state index in [2.05, 4.69) is 11.9 Å². The molecule has 0 amide bonds. The molecule has 0 bridgehead atoms. The van der Waals surface area contributed by atoms with E-state index in [0.717, 1.165) is 28.5 Å². The molecule has 4 rings (SSSR count). The second kappa shape index (κ2) is 21.3. The van der Waals surface area contributed by atoms with Crippen molar-refractivity contribution in [1.82, 2.24) is 9.13 Å². The van der Waals surface area contributed by atoms with Gasteiger partial charge in [-0.25, -0.2) is 14.6 Å². The third-order valence-electron chi connectivity index (χ3n) is 9.15. The zero-order valence-corrected chi connectivity index (χ0v) is 31.0. The highest BCUT2D eigenvalue weighted by molar-refractivity contribution is 5.92. The van der Waals surface area contributed by atoms with Gasteiger partial charge in [-0.2, -0.15) is 0 Å². The number of aromatic nitrogens is 2. The number of hydrogen-bond donors (Lipinski definition) is 0. The monoisotopic (exact) mass is 707 g/mol. The van der Waals surface area contributed by atoms with Crippen LogP contribution in [-0.2, 0) is 18.9 Å². The van der Waals surface area contributed by atoms with Gasteiger partial charge in [-0.05, 0) is 71.6 Å². The summed E-state index contributed by atoms with van der Waals surface area (Å²) in [7, 11) is 2.95. The van der Waals surface area contributed by atoms with Crippen LogP contribution < -0.4 is 20.7 Å². The van der Waals surface area contributed by atoms with Crippen molar-refractivity contribution >= 4 is 23.8 Å². The molecule has 276 valence electrons. The van der Waals surface area contributed by atoms with Gasteiger partial charge in [0.05, 0.1) is 5.56 Å². The molecular formula is C43H53N3O6. The standard InChI is InChI=1S/C43H53N3O6/c1-4-5-6-7-8-9-10-11-12-13-14-15-16-17-18-40(47)51-37-29-25-35(26-30-37)34-21-23-36(24-22-34)42(49)52-38-27-19-33(20-28-38)31-44-39-32-45(2)43(50)46(3)41(39)48/h19-32H,4-18H2,1-3H3. The van der Waals surface area contributed by atoms with Crippen LogP contribution >= 0.6 is 0 Å². The molecule has 1 aromatic heterocycles. The molecule has 0 atom stereocenters. The van der Waals surface area contributed by atoms with Crippen molar-refractivity contribution in [3.63, 3.8) is 0 Å². The van der Waals surface area contributed by atoms with Gasteiger partial charge in [-0.3, -0.25) is 14.2 Å². The minimum atomic E-state index is -0.497. The number of unbranched alkanes of at least 4 members (excludes halogenated alkanes) is 13. The van der Waals surface area contributed by atoms with Crippen molar-refractivity contribution < 1.29 is 19.1 Å². The van der Waals surface area contributed by atoms with E-state index in [0.29, 0.717) is 29.0 Å². The van der Waals surface area contributed by atoms with Gasteiger partial charge in [-0.15, -0.1) is 0 Å². The molecule has 0 radical (unpaired) electrons. The van der Waals surface area contributed by atoms with Crippen LogP contribution in [0.3, 0.4) is 0 Å². The Morgan fingerprint density at radius 3 is 1.67 bits per heavy atom. The molecule has 3 aromatic carbocycles. The van der Waals surface area contributed by atoms with Crippen LogP contribution in [0, 0.1) is 0 Å². The summed E-state index contributed by atoms with van der Waals surface area (Å²) in [6, 6.07) is 21.2. The topological polar surface area (TPSA) is 109 Å². The van der Waals surface area contributed by atoms with Crippen LogP contribution in [0.1, 0.15) is 119 Å². The Balaban J connectivity index is 1.13. The van der Waals surface area contributed by atoms with Crippen LogP contribution in [0.15, 0.2) is 93.6 Å². The molecule has 0 N–H and O–H groups in total. The average Bonchev–Trinajstić information content (AvgIpc) is 3.16. The molecule has 0 saturated heterocycles. The second-order valence-electron chi connectivity index (χ2n) is 13.4. The molecule has 0 fully saturated rings. The van der Waals surface area contributed by atoms with Gasteiger partial charge < -0.3 is 14.0 Å². The Morgan fingerprint density at radius 2 is 1.12 bits per heavy atom. The zero-order chi connectivity index (χ0) is 37.1. The highest BCUT2D eigenvalue weighted by Gasteiger charge is 2.11. The quantitative estimate of drug-likeness (QED) is 0.0369. The van der Waals surface area contributed by atoms with Gasteiger partial charge in [0.15, 0.2) is 0 Å². The maximum absolute atomic E-state index is 12.8. The van der Waals surface area contributed by atoms with Gasteiger partial charge in [0.1, 0.15) is 17.2 Å². The number of esters is 2. The molecule has 4 aromatic rings. The Morgan fingerprint density at radius 1 is 0.635 bits per heavy atom. The van der Waals surface area contributed by atoms with Gasteiger partial charge in [0, 0.05) is 32.9 Å². The lowest BCUT2D eigenvalue weighted by Gasteiger charge is -2.08. The molecule has 0 unspecified atom stereocenters. The number of carbonyl (C=O) groups is 2. The minimum Gasteiger partial charge on any atom is -0.427 e. The molecule has 0 aliphatic carbocycles. The maximum atomic E-state index is 12.8. The normalized spacial score (nSPS) is 11.2. The number of aliphatic imine (C=N–C) groups is 1. The molecule has 0 spiro atoms. The summed E-state index contributed by atoms with van der Waals surface area (Å²) in [6.07, 6.45) is 21.2. The fourth-order valence-corrected chi connectivity index (χ4v) is 5.97. The summed E-state index contributed by atoms with van der Waals surface area (Å²) in [6.45, 7) is 2.26. The van der Waals surface area contributed by atoms with E-state index in [4.69, 9.17) is 9.47 Å². The van der Waals surface area contributed by atoms with E-state index in [1.54, 1.807) is 55.6 Å². The van der Waals surface area contributed by atoms with Crippen molar-refractivity contribution in [1.29, 1.82) is 0 Å². The smallest absolute Gasteiger partial charge is 0.343 e. The van der Waals surface area contributed by atoms with Crippen molar-refractivity contribution in [3.8, 4) is 22.6 Å². The molecule has 1 heterocycles. The summed E-state index contributed by atoms with van der Waals surface area (Å²) >= 11 is 0. The Labute approximate surface area is 307 Å². The number of benzene rings is 3. The van der Waals surface area contributed by atoms with Crippen LogP contribution in [0.5, 0.6) is 11.5 Å². The summed E-state index contributed by atoms with van der Waals surface area (Å²) in [4.78, 5) is 53.5. The average molecular weight is 708 g/mol. The Hall–Kier alpha value is -5.05. The molecule has 52 heavy (non-hydrogen) atoms. The lowest BCUT2D eigenvalue weighted by atomic mass is 10.0. The van der Waals surface area contributed by atoms with E-state index in [1.807, 2.05) is 24.3 Å². The van der Waals surface area contributed by atoms with E-state index >= 15 is 0 Å². The summed E-state index contributed by atoms with van der Waals surface area (Å²) in [5.74, 6) is 0.181. The lowest BCUT2D eigenvalue weighted by Crippen LogP contribution is -2.36. The summed E-state index contributed by atoms with van der Waals surface area (Å²) in [5, 5.41) is 0. The number of carbonyl (C=O) groups excluding carboxylic acids is 2. The van der Waals surface area contributed by atoms with E-state index in [1.165, 1.54) is 101 Å². The highest BCUT2D eigenvalue weighted by Crippen LogP contribution is 2.24. The minimum absolute atomic E-state index is 0.133. The predicted molar refractivity (Wildman–Crippen MR) is 208 cm³/mol. The molecule has 0 aliphatic heterocycles. The van der Waals surface area contributed by atoms with Crippen molar-refractivity contribution in [3.05, 3.63) is 111 Å². The first kappa shape index (κ1) is 39.7. The predicted octanol–water partition coefficient (Wildman–Crippen LogP) is 9.50. The molecule has 0 aliphatic rings. The summed E-state index contributed by atoms with van der Waals surface area (Å²) < 4.78 is 13.4. The SMILES string of the molecule is CCCCCCCCCCCCCCCCC(=O)Oc1ccc(-c2ccc(C(=O)Oc3ccc(C=Nc4cn(C)c(=O)n(C)c4=O)cc3)cc2)cc1. The Bertz CT molecular complexity index is 1860. The lowest BCUT2D eigenvalue weighted by molar-refractivity contribution is -0.134. The number of ether oxygens (including phenoxy) is 2. The second-order valence-corrected chi connectivity index (χ2v) is 13.4. The van der Waals surface area contributed by atoms with Crippen LogP contribution in [-0.4, -0.2) is 27.3 Å². The first-order valence-corrected chi connectivity index (χ1v) is 18.8. The zero-order valence-electron chi connectivity index (χ0n) is 31.0. The third kappa shape index (κ3) is 12.9. The first-order valence-electron chi connectivity index (χ1n) is 18.8. The largest absolute Gasteiger partial charge is 0.427 e. The first-order chi connectivity index (χ1) is 25.2. The van der Waals surface area contributed by atoms with Gasteiger partial charge in [0.2, 0.25) is 0 Å². The molecular weight excluding hydrogens is 654 g/mol. The fourth-order valence-electron chi connectivity index (χ4n) is 5.97. The number of nitrogens with zero attached hydrogens (tertiary/aromatic N) is 3. The van der Waals surface area contributed by atoms with E-state index < -0.39 is 17.2 Å². The Kier molecular flexibility index (Phi) is 16.3.